The second-order valence-electron chi connectivity index (χ2n) is 3.96. The molecule has 5 heteroatoms. The molecule has 0 aliphatic carbocycles. The summed E-state index contributed by atoms with van der Waals surface area (Å²) < 4.78 is 13.8. The fraction of sp³-hybridized carbons (Fsp3) is 0.231. The Morgan fingerprint density at radius 1 is 1.44 bits per heavy atom. The fourth-order valence-corrected chi connectivity index (χ4v) is 2.05. The van der Waals surface area contributed by atoms with E-state index in [1.807, 2.05) is 6.92 Å². The second-order valence-corrected chi connectivity index (χ2v) is 4.82. The number of halogens is 2. The van der Waals surface area contributed by atoms with Crippen molar-refractivity contribution < 1.29 is 4.39 Å². The van der Waals surface area contributed by atoms with Gasteiger partial charge in [0, 0.05) is 16.8 Å². The van der Waals surface area contributed by atoms with E-state index in [-0.39, 0.29) is 11.4 Å². The molecule has 0 atom stereocenters. The van der Waals surface area contributed by atoms with E-state index in [0.717, 1.165) is 0 Å². The van der Waals surface area contributed by atoms with Gasteiger partial charge in [0.1, 0.15) is 11.6 Å². The second kappa shape index (κ2) is 5.02. The van der Waals surface area contributed by atoms with Crippen molar-refractivity contribution in [3.63, 3.8) is 0 Å². The topological polar surface area (TPSA) is 45.8 Å². The van der Waals surface area contributed by atoms with Crippen LogP contribution in [0, 0.1) is 12.7 Å². The molecule has 0 aliphatic rings. The summed E-state index contributed by atoms with van der Waals surface area (Å²) >= 11 is 3.09. The minimum atomic E-state index is -0.382. The molecule has 0 radical (unpaired) electrons. The molecule has 0 fully saturated rings. The first-order valence-corrected chi connectivity index (χ1v) is 6.37. The highest BCUT2D eigenvalue weighted by molar-refractivity contribution is 9.10. The Hall–Kier alpha value is -1.49. The first-order valence-electron chi connectivity index (χ1n) is 5.58. The molecular weight excluding hydrogens is 299 g/mol. The first-order chi connectivity index (χ1) is 8.52. The van der Waals surface area contributed by atoms with Gasteiger partial charge in [0.25, 0.3) is 5.56 Å². The number of rotatable bonds is 2. The third-order valence-corrected chi connectivity index (χ3v) is 3.41. The van der Waals surface area contributed by atoms with Crippen LogP contribution < -0.4 is 5.56 Å². The molecule has 94 valence electrons. The summed E-state index contributed by atoms with van der Waals surface area (Å²) in [5.41, 5.74) is 1.73. The van der Waals surface area contributed by atoms with Gasteiger partial charge in [-0.25, -0.2) is 9.37 Å². The van der Waals surface area contributed by atoms with Gasteiger partial charge >= 0.3 is 0 Å². The van der Waals surface area contributed by atoms with Gasteiger partial charge in [-0.15, -0.1) is 0 Å². The molecule has 0 saturated carbocycles. The van der Waals surface area contributed by atoms with Crippen molar-refractivity contribution in [2.24, 2.45) is 0 Å². The van der Waals surface area contributed by atoms with Crippen molar-refractivity contribution in [3.05, 3.63) is 50.1 Å². The van der Waals surface area contributed by atoms with Gasteiger partial charge < -0.3 is 4.98 Å². The summed E-state index contributed by atoms with van der Waals surface area (Å²) in [4.78, 5) is 18.8. The SMILES string of the molecule is CCc1c(C)nc(-c2ccc(Br)c(F)c2)[nH]c1=O. The quantitative estimate of drug-likeness (QED) is 0.925. The average molecular weight is 311 g/mol. The molecule has 1 heterocycles. The summed E-state index contributed by atoms with van der Waals surface area (Å²) in [5, 5.41) is 0. The van der Waals surface area contributed by atoms with Crippen molar-refractivity contribution in [3.8, 4) is 11.4 Å². The molecule has 18 heavy (non-hydrogen) atoms. The Morgan fingerprint density at radius 3 is 2.72 bits per heavy atom. The monoisotopic (exact) mass is 310 g/mol. The zero-order valence-electron chi connectivity index (χ0n) is 10.1. The van der Waals surface area contributed by atoms with Gasteiger partial charge in [-0.2, -0.15) is 0 Å². The number of hydrogen-bond donors (Lipinski definition) is 1. The molecule has 2 aromatic rings. The van der Waals surface area contributed by atoms with E-state index in [1.165, 1.54) is 6.07 Å². The minimum absolute atomic E-state index is 0.164. The van der Waals surface area contributed by atoms with E-state index in [9.17, 15) is 9.18 Å². The predicted octanol–water partition coefficient (Wildman–Crippen LogP) is 3.21. The van der Waals surface area contributed by atoms with Gasteiger partial charge in [0.2, 0.25) is 0 Å². The summed E-state index contributed by atoms with van der Waals surface area (Å²) in [6.45, 7) is 3.69. The number of aryl methyl sites for hydroxylation is 1. The van der Waals surface area contributed by atoms with Crippen LogP contribution in [0.25, 0.3) is 11.4 Å². The number of aromatic amines is 1. The summed E-state index contributed by atoms with van der Waals surface area (Å²) in [6.07, 6.45) is 0.628. The van der Waals surface area contributed by atoms with Crippen molar-refractivity contribution in [1.29, 1.82) is 0 Å². The molecule has 0 unspecified atom stereocenters. The van der Waals surface area contributed by atoms with Crippen molar-refractivity contribution in [1.82, 2.24) is 9.97 Å². The van der Waals surface area contributed by atoms with E-state index in [0.29, 0.717) is 33.5 Å². The lowest BCUT2D eigenvalue weighted by Crippen LogP contribution is -2.16. The Balaban J connectivity index is 2.58. The van der Waals surface area contributed by atoms with E-state index < -0.39 is 0 Å². The van der Waals surface area contributed by atoms with Crippen LogP contribution in [0.15, 0.2) is 27.5 Å². The van der Waals surface area contributed by atoms with E-state index >= 15 is 0 Å². The van der Waals surface area contributed by atoms with Crippen LogP contribution in [0.2, 0.25) is 0 Å². The normalized spacial score (nSPS) is 10.7. The van der Waals surface area contributed by atoms with Crippen LogP contribution >= 0.6 is 15.9 Å². The van der Waals surface area contributed by atoms with Crippen LogP contribution in [0.1, 0.15) is 18.2 Å². The molecule has 0 amide bonds. The van der Waals surface area contributed by atoms with Crippen LogP contribution in [0.5, 0.6) is 0 Å². The molecule has 0 spiro atoms. The molecule has 0 saturated heterocycles. The summed E-state index contributed by atoms with van der Waals surface area (Å²) in [5.74, 6) is 0.00784. The first kappa shape index (κ1) is 13.0. The summed E-state index contributed by atoms with van der Waals surface area (Å²) in [6, 6.07) is 4.64. The van der Waals surface area contributed by atoms with Crippen LogP contribution in [0.3, 0.4) is 0 Å². The lowest BCUT2D eigenvalue weighted by Gasteiger charge is -2.06. The number of H-pyrrole nitrogens is 1. The molecule has 2 rings (SSSR count). The largest absolute Gasteiger partial charge is 0.306 e. The number of nitrogens with zero attached hydrogens (tertiary/aromatic N) is 1. The third-order valence-electron chi connectivity index (χ3n) is 2.77. The van der Waals surface area contributed by atoms with Crippen LogP contribution in [-0.2, 0) is 6.42 Å². The molecule has 0 aliphatic heterocycles. The maximum atomic E-state index is 13.4. The number of nitrogens with one attached hydrogen (secondary N) is 1. The van der Waals surface area contributed by atoms with E-state index in [2.05, 4.69) is 25.9 Å². The molecule has 3 nitrogen and oxygen atoms in total. The Kier molecular flexibility index (Phi) is 3.61. The highest BCUT2D eigenvalue weighted by Crippen LogP contribution is 2.21. The van der Waals surface area contributed by atoms with Crippen molar-refractivity contribution >= 4 is 15.9 Å². The van der Waals surface area contributed by atoms with Gasteiger partial charge in [0.05, 0.1) is 4.47 Å². The highest BCUT2D eigenvalue weighted by atomic mass is 79.9. The Morgan fingerprint density at radius 2 is 2.17 bits per heavy atom. The zero-order valence-corrected chi connectivity index (χ0v) is 11.6. The number of aromatic nitrogens is 2. The Bertz CT molecular complexity index is 652. The average Bonchev–Trinajstić information content (AvgIpc) is 2.32. The van der Waals surface area contributed by atoms with Crippen LogP contribution in [-0.4, -0.2) is 9.97 Å². The lowest BCUT2D eigenvalue weighted by atomic mass is 10.1. The molecule has 1 aromatic heterocycles. The van der Waals surface area contributed by atoms with E-state index in [1.54, 1.807) is 19.1 Å². The third kappa shape index (κ3) is 2.36. The number of benzene rings is 1. The minimum Gasteiger partial charge on any atom is -0.306 e. The van der Waals surface area contributed by atoms with Gasteiger partial charge in [-0.05, 0) is 47.5 Å². The standard InChI is InChI=1S/C13H12BrFN2O/c1-3-9-7(2)16-12(17-13(9)18)8-4-5-10(14)11(15)6-8/h4-6H,3H2,1-2H3,(H,16,17,18). The zero-order chi connectivity index (χ0) is 13.3. The smallest absolute Gasteiger partial charge is 0.254 e. The van der Waals surface area contributed by atoms with Crippen molar-refractivity contribution in [2.45, 2.75) is 20.3 Å². The molecule has 0 bridgehead atoms. The van der Waals surface area contributed by atoms with Gasteiger partial charge in [0.15, 0.2) is 0 Å². The highest BCUT2D eigenvalue weighted by Gasteiger charge is 2.09. The Labute approximate surface area is 112 Å². The molecule has 1 aromatic carbocycles. The molecular formula is C13H12BrFN2O. The maximum Gasteiger partial charge on any atom is 0.254 e. The number of hydrogen-bond acceptors (Lipinski definition) is 2. The summed E-state index contributed by atoms with van der Waals surface area (Å²) in [7, 11) is 0. The fourth-order valence-electron chi connectivity index (χ4n) is 1.81. The van der Waals surface area contributed by atoms with Crippen molar-refractivity contribution in [2.75, 3.05) is 0 Å². The predicted molar refractivity (Wildman–Crippen MR) is 72.1 cm³/mol. The maximum absolute atomic E-state index is 13.4. The van der Waals surface area contributed by atoms with Gasteiger partial charge in [-0.3, -0.25) is 4.79 Å². The van der Waals surface area contributed by atoms with Gasteiger partial charge in [-0.1, -0.05) is 6.92 Å². The lowest BCUT2D eigenvalue weighted by molar-refractivity contribution is 0.621. The van der Waals surface area contributed by atoms with E-state index in [4.69, 9.17) is 0 Å². The van der Waals surface area contributed by atoms with Crippen LogP contribution in [0.4, 0.5) is 4.39 Å². The molecule has 1 N–H and O–H groups in total.